The Kier molecular flexibility index (Phi) is 2.52. The van der Waals surface area contributed by atoms with Crippen molar-refractivity contribution < 1.29 is 0 Å². The SMILES string of the molecule is Cc1cc(C)nc(-n2nc(C)c(C#N)c2N)n1. The number of hydrogen-bond donors (Lipinski definition) is 1. The van der Waals surface area contributed by atoms with E-state index in [0.717, 1.165) is 11.4 Å². The van der Waals surface area contributed by atoms with Crippen LogP contribution in [0.5, 0.6) is 0 Å². The molecule has 0 spiro atoms. The van der Waals surface area contributed by atoms with Gasteiger partial charge in [0, 0.05) is 11.4 Å². The molecule has 0 radical (unpaired) electrons. The van der Waals surface area contributed by atoms with E-state index in [2.05, 4.69) is 15.1 Å². The van der Waals surface area contributed by atoms with Crippen molar-refractivity contribution in [3.05, 3.63) is 28.7 Å². The molecular formula is C11H12N6. The molecule has 0 fully saturated rings. The molecule has 17 heavy (non-hydrogen) atoms. The van der Waals surface area contributed by atoms with Crippen LogP contribution in [0.1, 0.15) is 22.6 Å². The van der Waals surface area contributed by atoms with Gasteiger partial charge in [-0.05, 0) is 26.8 Å². The molecule has 0 unspecified atom stereocenters. The number of nitrogens with zero attached hydrogens (tertiary/aromatic N) is 5. The van der Waals surface area contributed by atoms with Crippen molar-refractivity contribution >= 4 is 5.82 Å². The van der Waals surface area contributed by atoms with Gasteiger partial charge < -0.3 is 5.73 Å². The molecule has 2 aromatic heterocycles. The highest BCUT2D eigenvalue weighted by molar-refractivity contribution is 5.54. The predicted octanol–water partition coefficient (Wildman–Crippen LogP) is 1.04. The molecule has 2 heterocycles. The molecule has 6 heteroatoms. The summed E-state index contributed by atoms with van der Waals surface area (Å²) in [5, 5.41) is 13.1. The van der Waals surface area contributed by atoms with Crippen LogP contribution in [0.2, 0.25) is 0 Å². The van der Waals surface area contributed by atoms with E-state index in [1.807, 2.05) is 26.0 Å². The minimum absolute atomic E-state index is 0.273. The Balaban J connectivity index is 2.65. The first-order valence-electron chi connectivity index (χ1n) is 5.10. The first-order valence-corrected chi connectivity index (χ1v) is 5.10. The number of nitrogen functional groups attached to an aromatic ring is 1. The first-order chi connectivity index (χ1) is 8.02. The van der Waals surface area contributed by atoms with Crippen molar-refractivity contribution in [2.24, 2.45) is 0 Å². The second-order valence-corrected chi connectivity index (χ2v) is 3.82. The van der Waals surface area contributed by atoms with Crippen LogP contribution in [0.25, 0.3) is 5.95 Å². The number of hydrogen-bond acceptors (Lipinski definition) is 5. The first kappa shape index (κ1) is 11.1. The summed E-state index contributed by atoms with van der Waals surface area (Å²) in [5.41, 5.74) is 8.45. The van der Waals surface area contributed by atoms with E-state index in [-0.39, 0.29) is 5.82 Å². The van der Waals surface area contributed by atoms with Gasteiger partial charge in [-0.25, -0.2) is 9.97 Å². The molecule has 0 saturated carbocycles. The van der Waals surface area contributed by atoms with E-state index in [1.165, 1.54) is 4.68 Å². The Morgan fingerprint density at radius 1 is 1.24 bits per heavy atom. The van der Waals surface area contributed by atoms with E-state index < -0.39 is 0 Å². The number of rotatable bonds is 1. The lowest BCUT2D eigenvalue weighted by atomic mass is 10.3. The molecule has 0 aliphatic carbocycles. The fourth-order valence-electron chi connectivity index (χ4n) is 1.64. The number of aromatic nitrogens is 4. The van der Waals surface area contributed by atoms with Crippen LogP contribution < -0.4 is 5.73 Å². The van der Waals surface area contributed by atoms with Crippen LogP contribution in [0.15, 0.2) is 6.07 Å². The Hall–Kier alpha value is -2.42. The number of nitriles is 1. The van der Waals surface area contributed by atoms with Crippen molar-refractivity contribution in [2.45, 2.75) is 20.8 Å². The van der Waals surface area contributed by atoms with Crippen LogP contribution in [0, 0.1) is 32.1 Å². The van der Waals surface area contributed by atoms with Gasteiger partial charge in [-0.2, -0.15) is 15.0 Å². The van der Waals surface area contributed by atoms with Crippen molar-refractivity contribution in [1.29, 1.82) is 5.26 Å². The van der Waals surface area contributed by atoms with Crippen molar-refractivity contribution in [2.75, 3.05) is 5.73 Å². The lowest BCUT2D eigenvalue weighted by molar-refractivity contribution is 0.792. The van der Waals surface area contributed by atoms with Gasteiger partial charge in [-0.15, -0.1) is 0 Å². The van der Waals surface area contributed by atoms with Gasteiger partial charge >= 0.3 is 0 Å². The Morgan fingerprint density at radius 2 is 1.82 bits per heavy atom. The fraction of sp³-hybridized carbons (Fsp3) is 0.273. The highest BCUT2D eigenvalue weighted by Gasteiger charge is 2.15. The van der Waals surface area contributed by atoms with Crippen LogP contribution in [0.3, 0.4) is 0 Å². The Morgan fingerprint density at radius 3 is 2.29 bits per heavy atom. The zero-order chi connectivity index (χ0) is 12.6. The van der Waals surface area contributed by atoms with Crippen LogP contribution in [0.4, 0.5) is 5.82 Å². The number of anilines is 1. The predicted molar refractivity (Wildman–Crippen MR) is 62.5 cm³/mol. The molecule has 0 amide bonds. The molecule has 0 aliphatic rings. The van der Waals surface area contributed by atoms with Gasteiger partial charge in [0.25, 0.3) is 5.95 Å². The van der Waals surface area contributed by atoms with Gasteiger partial charge in [0.1, 0.15) is 17.5 Å². The highest BCUT2D eigenvalue weighted by atomic mass is 15.4. The van der Waals surface area contributed by atoms with Gasteiger partial charge in [0.2, 0.25) is 0 Å². The monoisotopic (exact) mass is 228 g/mol. The molecule has 0 aromatic carbocycles. The van der Waals surface area contributed by atoms with Gasteiger partial charge in [-0.3, -0.25) is 0 Å². The number of aryl methyl sites for hydroxylation is 3. The molecule has 86 valence electrons. The topological polar surface area (TPSA) is 93.4 Å². The third-order valence-corrected chi connectivity index (χ3v) is 2.37. The minimum Gasteiger partial charge on any atom is -0.382 e. The zero-order valence-electron chi connectivity index (χ0n) is 9.89. The van der Waals surface area contributed by atoms with E-state index in [9.17, 15) is 0 Å². The maximum absolute atomic E-state index is 8.94. The normalized spacial score (nSPS) is 10.2. The molecule has 0 saturated heterocycles. The van der Waals surface area contributed by atoms with E-state index in [0.29, 0.717) is 17.2 Å². The van der Waals surface area contributed by atoms with Crippen LogP contribution in [-0.4, -0.2) is 19.7 Å². The van der Waals surface area contributed by atoms with Crippen LogP contribution >= 0.6 is 0 Å². The summed E-state index contributed by atoms with van der Waals surface area (Å²) in [7, 11) is 0. The molecule has 2 rings (SSSR count). The Bertz CT molecular complexity index is 599. The summed E-state index contributed by atoms with van der Waals surface area (Å²) in [6, 6.07) is 3.88. The largest absolute Gasteiger partial charge is 0.382 e. The van der Waals surface area contributed by atoms with E-state index >= 15 is 0 Å². The molecule has 0 atom stereocenters. The highest BCUT2D eigenvalue weighted by Crippen LogP contribution is 2.17. The van der Waals surface area contributed by atoms with Gasteiger partial charge in [0.15, 0.2) is 0 Å². The lowest BCUT2D eigenvalue weighted by Crippen LogP contribution is -2.08. The average Bonchev–Trinajstić information content (AvgIpc) is 2.52. The summed E-state index contributed by atoms with van der Waals surface area (Å²) < 4.78 is 1.40. The smallest absolute Gasteiger partial charge is 0.252 e. The van der Waals surface area contributed by atoms with Crippen LogP contribution in [-0.2, 0) is 0 Å². The molecule has 0 bridgehead atoms. The van der Waals surface area contributed by atoms with E-state index in [1.54, 1.807) is 6.92 Å². The minimum atomic E-state index is 0.273. The summed E-state index contributed by atoms with van der Waals surface area (Å²) in [6.45, 7) is 5.47. The van der Waals surface area contributed by atoms with Crippen molar-refractivity contribution in [3.8, 4) is 12.0 Å². The van der Waals surface area contributed by atoms with Gasteiger partial charge in [-0.1, -0.05) is 0 Å². The lowest BCUT2D eigenvalue weighted by Gasteiger charge is -2.04. The Labute approximate surface area is 98.7 Å². The van der Waals surface area contributed by atoms with Crippen molar-refractivity contribution in [3.63, 3.8) is 0 Å². The molecule has 6 nitrogen and oxygen atoms in total. The number of nitrogens with two attached hydrogens (primary N) is 1. The average molecular weight is 228 g/mol. The quantitative estimate of drug-likeness (QED) is 0.787. The van der Waals surface area contributed by atoms with Gasteiger partial charge in [0.05, 0.1) is 5.69 Å². The summed E-state index contributed by atoms with van der Waals surface area (Å²) in [5.74, 6) is 0.666. The third kappa shape index (κ3) is 1.83. The maximum atomic E-state index is 8.94. The zero-order valence-corrected chi connectivity index (χ0v) is 9.89. The standard InChI is InChI=1S/C11H12N6/c1-6-4-7(2)15-11(14-6)17-10(13)9(5-12)8(3)16-17/h4H,13H2,1-3H3. The van der Waals surface area contributed by atoms with Crippen molar-refractivity contribution in [1.82, 2.24) is 19.7 Å². The second kappa shape index (κ2) is 3.87. The summed E-state index contributed by atoms with van der Waals surface area (Å²) >= 11 is 0. The molecular weight excluding hydrogens is 216 g/mol. The molecule has 2 aromatic rings. The molecule has 2 N–H and O–H groups in total. The fourth-order valence-corrected chi connectivity index (χ4v) is 1.64. The second-order valence-electron chi connectivity index (χ2n) is 3.82. The maximum Gasteiger partial charge on any atom is 0.252 e. The summed E-state index contributed by atoms with van der Waals surface area (Å²) in [4.78, 5) is 8.51. The summed E-state index contributed by atoms with van der Waals surface area (Å²) in [6.07, 6.45) is 0. The molecule has 0 aliphatic heterocycles. The third-order valence-electron chi connectivity index (χ3n) is 2.37. The van der Waals surface area contributed by atoms with E-state index in [4.69, 9.17) is 11.0 Å².